The van der Waals surface area contributed by atoms with Gasteiger partial charge in [0.15, 0.2) is 0 Å². The quantitative estimate of drug-likeness (QED) is 0.838. The van der Waals surface area contributed by atoms with Crippen LogP contribution in [0.1, 0.15) is 38.7 Å². The Morgan fingerprint density at radius 3 is 2.61 bits per heavy atom. The smallest absolute Gasteiger partial charge is 0.0456 e. The summed E-state index contributed by atoms with van der Waals surface area (Å²) in [6.45, 7) is 8.04. The van der Waals surface area contributed by atoms with Crippen molar-refractivity contribution >= 4 is 10.9 Å². The second-order valence-corrected chi connectivity index (χ2v) is 6.10. The van der Waals surface area contributed by atoms with Crippen LogP contribution in [0.25, 0.3) is 10.9 Å². The largest absolute Gasteiger partial charge is 0.361 e. The Morgan fingerprint density at radius 2 is 1.94 bits per heavy atom. The molecule has 2 nitrogen and oxygen atoms in total. The highest BCUT2D eigenvalue weighted by Crippen LogP contribution is 2.40. The van der Waals surface area contributed by atoms with Crippen molar-refractivity contribution in [1.29, 1.82) is 0 Å². The number of benzene rings is 1. The van der Waals surface area contributed by atoms with Crippen LogP contribution in [0.2, 0.25) is 0 Å². The summed E-state index contributed by atoms with van der Waals surface area (Å²) in [5, 5.41) is 4.64. The zero-order valence-electron chi connectivity index (χ0n) is 11.9. The van der Waals surface area contributed by atoms with Crippen LogP contribution in [0.4, 0.5) is 0 Å². The molecule has 0 saturated heterocycles. The topological polar surface area (TPSA) is 27.8 Å². The van der Waals surface area contributed by atoms with Gasteiger partial charge in [-0.2, -0.15) is 0 Å². The summed E-state index contributed by atoms with van der Waals surface area (Å²) in [5.74, 6) is 0.570. The van der Waals surface area contributed by atoms with E-state index in [1.165, 1.54) is 22.9 Å². The van der Waals surface area contributed by atoms with Gasteiger partial charge in [0, 0.05) is 17.1 Å². The summed E-state index contributed by atoms with van der Waals surface area (Å²) < 4.78 is 0. The normalized spacial score (nSPS) is 14.0. The van der Waals surface area contributed by atoms with E-state index in [-0.39, 0.29) is 5.41 Å². The number of fused-ring (bicyclic) bond motifs is 1. The van der Waals surface area contributed by atoms with Crippen LogP contribution in [0.3, 0.4) is 0 Å². The molecule has 0 saturated carbocycles. The van der Waals surface area contributed by atoms with E-state index in [2.05, 4.69) is 61.5 Å². The molecule has 18 heavy (non-hydrogen) atoms. The zero-order valence-corrected chi connectivity index (χ0v) is 11.9. The predicted octanol–water partition coefficient (Wildman–Crippen LogP) is 3.91. The Labute approximate surface area is 110 Å². The summed E-state index contributed by atoms with van der Waals surface area (Å²) in [5.41, 5.74) is 2.97. The van der Waals surface area contributed by atoms with Gasteiger partial charge in [-0.1, -0.05) is 39.0 Å². The van der Waals surface area contributed by atoms with E-state index >= 15 is 0 Å². The van der Waals surface area contributed by atoms with E-state index in [9.17, 15) is 0 Å². The molecule has 0 fully saturated rings. The van der Waals surface area contributed by atoms with Crippen molar-refractivity contribution in [3.8, 4) is 0 Å². The van der Waals surface area contributed by atoms with Crippen LogP contribution < -0.4 is 5.32 Å². The highest BCUT2D eigenvalue weighted by atomic mass is 14.8. The maximum atomic E-state index is 3.40. The summed E-state index contributed by atoms with van der Waals surface area (Å²) in [7, 11) is 2.02. The molecule has 1 aromatic heterocycles. The number of hydrogen-bond acceptors (Lipinski definition) is 1. The van der Waals surface area contributed by atoms with Crippen molar-refractivity contribution in [1.82, 2.24) is 10.3 Å². The minimum Gasteiger partial charge on any atom is -0.361 e. The van der Waals surface area contributed by atoms with Crippen molar-refractivity contribution in [2.75, 3.05) is 13.6 Å². The maximum absolute atomic E-state index is 3.40. The lowest BCUT2D eigenvalue weighted by atomic mass is 9.74. The summed E-state index contributed by atoms with van der Waals surface area (Å²) in [6.07, 6.45) is 3.36. The van der Waals surface area contributed by atoms with Gasteiger partial charge in [-0.05, 0) is 43.0 Å². The molecule has 2 N–H and O–H groups in total. The molecule has 0 aliphatic carbocycles. The van der Waals surface area contributed by atoms with E-state index in [0.717, 1.165) is 6.54 Å². The zero-order chi connectivity index (χ0) is 13.2. The number of nitrogens with one attached hydrogen (secondary N) is 2. The summed E-state index contributed by atoms with van der Waals surface area (Å²) >= 11 is 0. The molecule has 0 unspecified atom stereocenters. The fourth-order valence-corrected chi connectivity index (χ4v) is 2.73. The third-order valence-electron chi connectivity index (χ3n) is 3.73. The third-order valence-corrected chi connectivity index (χ3v) is 3.73. The first-order chi connectivity index (χ1) is 8.54. The fraction of sp³-hybridized carbons (Fsp3) is 0.500. The lowest BCUT2D eigenvalue weighted by molar-refractivity contribution is 0.305. The lowest BCUT2D eigenvalue weighted by Crippen LogP contribution is -2.22. The molecule has 0 spiro atoms. The molecule has 0 bridgehead atoms. The standard InChI is InChI=1S/C16H24N2/c1-16(2,3)14(9-10-17-4)13-11-18-15-8-6-5-7-12(13)15/h5-8,11,14,17-18H,9-10H2,1-4H3/t14-/m1/s1. The first-order valence-electron chi connectivity index (χ1n) is 6.74. The SMILES string of the molecule is CNCC[C@H](c1c[nH]c2ccccc12)C(C)(C)C. The van der Waals surface area contributed by atoms with Crippen molar-refractivity contribution in [2.24, 2.45) is 5.41 Å². The molecule has 0 radical (unpaired) electrons. The van der Waals surface area contributed by atoms with E-state index in [4.69, 9.17) is 0 Å². The Kier molecular flexibility index (Phi) is 3.76. The molecule has 0 aliphatic rings. The van der Waals surface area contributed by atoms with Gasteiger partial charge in [0.2, 0.25) is 0 Å². The van der Waals surface area contributed by atoms with Gasteiger partial charge in [-0.25, -0.2) is 0 Å². The van der Waals surface area contributed by atoms with Gasteiger partial charge in [0.25, 0.3) is 0 Å². The van der Waals surface area contributed by atoms with Crippen LogP contribution in [0, 0.1) is 5.41 Å². The molecular formula is C16H24N2. The molecule has 1 heterocycles. The predicted molar refractivity (Wildman–Crippen MR) is 79.0 cm³/mol. The molecule has 98 valence electrons. The van der Waals surface area contributed by atoms with Crippen molar-refractivity contribution in [2.45, 2.75) is 33.1 Å². The monoisotopic (exact) mass is 244 g/mol. The first-order valence-corrected chi connectivity index (χ1v) is 6.74. The maximum Gasteiger partial charge on any atom is 0.0456 e. The molecule has 2 rings (SSSR count). The molecule has 0 aliphatic heterocycles. The molecule has 1 aromatic carbocycles. The van der Waals surface area contributed by atoms with Gasteiger partial charge in [-0.15, -0.1) is 0 Å². The Balaban J connectivity index is 2.41. The highest BCUT2D eigenvalue weighted by molar-refractivity contribution is 5.83. The van der Waals surface area contributed by atoms with Gasteiger partial charge in [0.05, 0.1) is 0 Å². The van der Waals surface area contributed by atoms with E-state index in [0.29, 0.717) is 5.92 Å². The van der Waals surface area contributed by atoms with Crippen LogP contribution >= 0.6 is 0 Å². The van der Waals surface area contributed by atoms with Crippen LogP contribution in [-0.2, 0) is 0 Å². The number of aromatic nitrogens is 1. The molecule has 0 amide bonds. The number of para-hydroxylation sites is 1. The van der Waals surface area contributed by atoms with Crippen molar-refractivity contribution in [3.63, 3.8) is 0 Å². The van der Waals surface area contributed by atoms with Crippen LogP contribution in [0.15, 0.2) is 30.5 Å². The highest BCUT2D eigenvalue weighted by Gasteiger charge is 2.27. The molecule has 2 heteroatoms. The first kappa shape index (κ1) is 13.2. The van der Waals surface area contributed by atoms with E-state index < -0.39 is 0 Å². The third kappa shape index (κ3) is 2.59. The van der Waals surface area contributed by atoms with E-state index in [1.807, 2.05) is 7.05 Å². The van der Waals surface area contributed by atoms with Gasteiger partial charge in [0.1, 0.15) is 0 Å². The fourth-order valence-electron chi connectivity index (χ4n) is 2.73. The average molecular weight is 244 g/mol. The minimum absolute atomic E-state index is 0.280. The Morgan fingerprint density at radius 1 is 1.22 bits per heavy atom. The second-order valence-electron chi connectivity index (χ2n) is 6.10. The van der Waals surface area contributed by atoms with Crippen LogP contribution in [-0.4, -0.2) is 18.6 Å². The summed E-state index contributed by atoms with van der Waals surface area (Å²) in [6, 6.07) is 8.58. The number of H-pyrrole nitrogens is 1. The molecular weight excluding hydrogens is 220 g/mol. The molecule has 2 aromatic rings. The van der Waals surface area contributed by atoms with Gasteiger partial charge in [-0.3, -0.25) is 0 Å². The second kappa shape index (κ2) is 5.15. The number of rotatable bonds is 4. The number of hydrogen-bond donors (Lipinski definition) is 2. The molecule has 1 atom stereocenters. The van der Waals surface area contributed by atoms with Crippen molar-refractivity contribution in [3.05, 3.63) is 36.0 Å². The van der Waals surface area contributed by atoms with Crippen LogP contribution in [0.5, 0.6) is 0 Å². The van der Waals surface area contributed by atoms with Crippen molar-refractivity contribution < 1.29 is 0 Å². The van der Waals surface area contributed by atoms with E-state index in [1.54, 1.807) is 0 Å². The van der Waals surface area contributed by atoms with Gasteiger partial charge < -0.3 is 10.3 Å². The average Bonchev–Trinajstić information content (AvgIpc) is 2.72. The Hall–Kier alpha value is -1.28. The summed E-state index contributed by atoms with van der Waals surface area (Å²) in [4.78, 5) is 3.40. The van der Waals surface area contributed by atoms with Gasteiger partial charge >= 0.3 is 0 Å². The Bertz CT molecular complexity index is 505. The lowest BCUT2D eigenvalue weighted by Gasteiger charge is -2.30. The minimum atomic E-state index is 0.280. The number of aromatic amines is 1.